The Morgan fingerprint density at radius 2 is 1.69 bits per heavy atom. The van der Waals surface area contributed by atoms with Crippen LogP contribution in [0.1, 0.15) is 10.4 Å². The van der Waals surface area contributed by atoms with Gasteiger partial charge in [0.25, 0.3) is 15.9 Å². The first-order chi connectivity index (χ1) is 13.8. The van der Waals surface area contributed by atoms with Gasteiger partial charge in [0.1, 0.15) is 5.75 Å². The zero-order valence-electron chi connectivity index (χ0n) is 15.8. The standard InChI is InChI=1S/C21H19BrN2O4S/c1-24(29(26,27)18-7-5-6-15(22)14-18)20-9-4-3-8-19(20)21(25)23-16-10-12-17(28-2)13-11-16/h3-14H,1-2H3,(H,23,25). The Morgan fingerprint density at radius 1 is 1.00 bits per heavy atom. The van der Waals surface area contributed by atoms with Crippen molar-refractivity contribution in [3.63, 3.8) is 0 Å². The SMILES string of the molecule is COc1ccc(NC(=O)c2ccccc2N(C)S(=O)(=O)c2cccc(Br)c2)cc1. The first-order valence-corrected chi connectivity index (χ1v) is 10.8. The van der Waals surface area contributed by atoms with E-state index in [-0.39, 0.29) is 16.1 Å². The van der Waals surface area contributed by atoms with Crippen molar-refractivity contribution >= 4 is 43.2 Å². The lowest BCUT2D eigenvalue weighted by Gasteiger charge is -2.22. The van der Waals surface area contributed by atoms with E-state index in [1.54, 1.807) is 67.8 Å². The van der Waals surface area contributed by atoms with Gasteiger partial charge < -0.3 is 10.1 Å². The second-order valence-corrected chi connectivity index (χ2v) is 9.01. The van der Waals surface area contributed by atoms with Crippen LogP contribution in [0.3, 0.4) is 0 Å². The van der Waals surface area contributed by atoms with Crippen LogP contribution in [0.2, 0.25) is 0 Å². The summed E-state index contributed by atoms with van der Waals surface area (Å²) >= 11 is 3.29. The maximum Gasteiger partial charge on any atom is 0.264 e. The summed E-state index contributed by atoms with van der Waals surface area (Å²) < 4.78 is 33.0. The monoisotopic (exact) mass is 474 g/mol. The minimum absolute atomic E-state index is 0.125. The molecule has 0 spiro atoms. The molecule has 6 nitrogen and oxygen atoms in total. The van der Waals surface area contributed by atoms with E-state index in [2.05, 4.69) is 21.2 Å². The molecular formula is C21H19BrN2O4S. The van der Waals surface area contributed by atoms with Gasteiger partial charge in [-0.05, 0) is 54.6 Å². The van der Waals surface area contributed by atoms with Gasteiger partial charge in [-0.3, -0.25) is 9.10 Å². The highest BCUT2D eigenvalue weighted by atomic mass is 79.9. The van der Waals surface area contributed by atoms with E-state index in [1.165, 1.54) is 19.2 Å². The summed E-state index contributed by atoms with van der Waals surface area (Å²) in [6.45, 7) is 0. The quantitative estimate of drug-likeness (QED) is 0.568. The first-order valence-electron chi connectivity index (χ1n) is 8.62. The van der Waals surface area contributed by atoms with E-state index in [4.69, 9.17) is 4.74 Å². The molecule has 0 atom stereocenters. The molecule has 3 rings (SSSR count). The predicted octanol–water partition coefficient (Wildman–Crippen LogP) is 4.54. The van der Waals surface area contributed by atoms with Crippen LogP contribution in [0.25, 0.3) is 0 Å². The summed E-state index contributed by atoms with van der Waals surface area (Å²) in [5.74, 6) is 0.255. The Morgan fingerprint density at radius 3 is 2.34 bits per heavy atom. The number of carbonyl (C=O) groups excluding carboxylic acids is 1. The average Bonchev–Trinajstić information content (AvgIpc) is 2.73. The van der Waals surface area contributed by atoms with Crippen molar-refractivity contribution in [2.75, 3.05) is 23.8 Å². The number of benzene rings is 3. The van der Waals surface area contributed by atoms with Crippen molar-refractivity contribution in [1.29, 1.82) is 0 Å². The van der Waals surface area contributed by atoms with Crippen molar-refractivity contribution < 1.29 is 17.9 Å². The molecule has 1 N–H and O–H groups in total. The van der Waals surface area contributed by atoms with Crippen LogP contribution in [0.15, 0.2) is 82.2 Å². The fraction of sp³-hybridized carbons (Fsp3) is 0.0952. The highest BCUT2D eigenvalue weighted by Crippen LogP contribution is 2.27. The van der Waals surface area contributed by atoms with Crippen LogP contribution >= 0.6 is 15.9 Å². The van der Waals surface area contributed by atoms with Gasteiger partial charge in [-0.1, -0.05) is 34.1 Å². The summed E-state index contributed by atoms with van der Waals surface area (Å²) in [4.78, 5) is 13.0. The van der Waals surface area contributed by atoms with Gasteiger partial charge in [-0.25, -0.2) is 8.42 Å². The van der Waals surface area contributed by atoms with Gasteiger partial charge in [-0.15, -0.1) is 0 Å². The summed E-state index contributed by atoms with van der Waals surface area (Å²) in [6.07, 6.45) is 0. The highest BCUT2D eigenvalue weighted by molar-refractivity contribution is 9.10. The molecule has 0 heterocycles. The van der Waals surface area contributed by atoms with E-state index in [0.717, 1.165) is 4.31 Å². The van der Waals surface area contributed by atoms with Crippen molar-refractivity contribution in [3.8, 4) is 5.75 Å². The van der Waals surface area contributed by atoms with E-state index >= 15 is 0 Å². The number of nitrogens with zero attached hydrogens (tertiary/aromatic N) is 1. The predicted molar refractivity (Wildman–Crippen MR) is 117 cm³/mol. The summed E-state index contributed by atoms with van der Waals surface area (Å²) in [5, 5.41) is 2.78. The molecule has 0 fully saturated rings. The Bertz CT molecular complexity index is 1130. The Hall–Kier alpha value is -2.84. The maximum absolute atomic E-state index is 13.0. The third-order valence-electron chi connectivity index (χ3n) is 4.29. The number of ether oxygens (including phenoxy) is 1. The van der Waals surface area contributed by atoms with E-state index < -0.39 is 15.9 Å². The first kappa shape index (κ1) is 20.9. The number of para-hydroxylation sites is 1. The number of anilines is 2. The van der Waals surface area contributed by atoms with Crippen LogP contribution in [-0.4, -0.2) is 28.5 Å². The van der Waals surface area contributed by atoms with Crippen LogP contribution in [0.5, 0.6) is 5.75 Å². The fourth-order valence-corrected chi connectivity index (χ4v) is 4.54. The lowest BCUT2D eigenvalue weighted by molar-refractivity contribution is 0.102. The average molecular weight is 475 g/mol. The van der Waals surface area contributed by atoms with Crippen LogP contribution < -0.4 is 14.4 Å². The van der Waals surface area contributed by atoms with Gasteiger partial charge in [0.05, 0.1) is 23.3 Å². The van der Waals surface area contributed by atoms with E-state index in [0.29, 0.717) is 15.9 Å². The number of carbonyl (C=O) groups is 1. The lowest BCUT2D eigenvalue weighted by atomic mass is 10.1. The smallest absolute Gasteiger partial charge is 0.264 e. The van der Waals surface area contributed by atoms with Crippen LogP contribution in [0, 0.1) is 0 Å². The van der Waals surface area contributed by atoms with Crippen molar-refractivity contribution in [3.05, 3.63) is 82.8 Å². The zero-order chi connectivity index (χ0) is 21.0. The number of methoxy groups -OCH3 is 1. The second kappa shape index (κ2) is 8.67. The normalized spacial score (nSPS) is 11.0. The maximum atomic E-state index is 13.0. The van der Waals surface area contributed by atoms with Gasteiger partial charge in [0.2, 0.25) is 0 Å². The van der Waals surface area contributed by atoms with Gasteiger partial charge in [0.15, 0.2) is 0 Å². The molecule has 0 unspecified atom stereocenters. The van der Waals surface area contributed by atoms with Crippen molar-refractivity contribution in [2.45, 2.75) is 4.90 Å². The molecule has 0 aliphatic rings. The topological polar surface area (TPSA) is 75.7 Å². The Kier molecular flexibility index (Phi) is 6.24. The minimum atomic E-state index is -3.85. The van der Waals surface area contributed by atoms with Gasteiger partial charge >= 0.3 is 0 Å². The zero-order valence-corrected chi connectivity index (χ0v) is 18.2. The largest absolute Gasteiger partial charge is 0.497 e. The van der Waals surface area contributed by atoms with Crippen LogP contribution in [-0.2, 0) is 10.0 Å². The number of nitrogens with one attached hydrogen (secondary N) is 1. The molecule has 3 aromatic rings. The Labute approximate surface area is 178 Å². The molecule has 0 saturated carbocycles. The molecule has 8 heteroatoms. The summed E-state index contributed by atoms with van der Waals surface area (Å²) in [5.41, 5.74) is 1.09. The number of halogens is 1. The lowest BCUT2D eigenvalue weighted by Crippen LogP contribution is -2.29. The van der Waals surface area contributed by atoms with E-state index in [9.17, 15) is 13.2 Å². The number of hydrogen-bond acceptors (Lipinski definition) is 4. The number of amides is 1. The molecule has 1 amide bonds. The Balaban J connectivity index is 1.92. The molecule has 0 aliphatic heterocycles. The number of sulfonamides is 1. The van der Waals surface area contributed by atoms with Crippen molar-refractivity contribution in [1.82, 2.24) is 0 Å². The summed E-state index contributed by atoms with van der Waals surface area (Å²) in [6, 6.07) is 19.8. The van der Waals surface area contributed by atoms with Crippen molar-refractivity contribution in [2.24, 2.45) is 0 Å². The molecule has 29 heavy (non-hydrogen) atoms. The van der Waals surface area contributed by atoms with Crippen LogP contribution in [0.4, 0.5) is 11.4 Å². The second-order valence-electron chi connectivity index (χ2n) is 6.13. The summed E-state index contributed by atoms with van der Waals surface area (Å²) in [7, 11) is -0.858. The molecule has 150 valence electrons. The third kappa shape index (κ3) is 4.60. The molecule has 3 aromatic carbocycles. The molecule has 0 aromatic heterocycles. The third-order valence-corrected chi connectivity index (χ3v) is 6.55. The van der Waals surface area contributed by atoms with E-state index in [1.807, 2.05) is 0 Å². The minimum Gasteiger partial charge on any atom is -0.497 e. The molecular weight excluding hydrogens is 456 g/mol. The van der Waals surface area contributed by atoms with Gasteiger partial charge in [-0.2, -0.15) is 0 Å². The molecule has 0 bridgehead atoms. The number of hydrogen-bond donors (Lipinski definition) is 1. The molecule has 0 saturated heterocycles. The van der Waals surface area contributed by atoms with Gasteiger partial charge in [0, 0.05) is 17.2 Å². The number of rotatable bonds is 6. The molecule has 0 aliphatic carbocycles. The molecule has 0 radical (unpaired) electrons. The highest BCUT2D eigenvalue weighted by Gasteiger charge is 2.25. The fourth-order valence-electron chi connectivity index (χ4n) is 2.73.